The molecule has 1 N–H and O–H groups in total. The molecule has 19 heavy (non-hydrogen) atoms. The van der Waals surface area contributed by atoms with Gasteiger partial charge in [-0.05, 0) is 37.5 Å². The van der Waals surface area contributed by atoms with Crippen LogP contribution in [0.1, 0.15) is 17.5 Å². The van der Waals surface area contributed by atoms with E-state index in [-0.39, 0.29) is 17.4 Å². The fourth-order valence-corrected chi connectivity index (χ4v) is 4.41. The fourth-order valence-electron chi connectivity index (χ4n) is 2.30. The predicted octanol–water partition coefficient (Wildman–Crippen LogP) is 2.33. The monoisotopic (exact) mass is 301 g/mol. The van der Waals surface area contributed by atoms with Crippen molar-refractivity contribution in [2.45, 2.75) is 20.3 Å². The lowest BCUT2D eigenvalue weighted by Crippen LogP contribution is -2.24. The van der Waals surface area contributed by atoms with E-state index in [2.05, 4.69) is 5.32 Å². The highest BCUT2D eigenvalue weighted by molar-refractivity contribution is 7.91. The van der Waals surface area contributed by atoms with Crippen LogP contribution in [0.3, 0.4) is 0 Å². The van der Waals surface area contributed by atoms with Gasteiger partial charge in [0, 0.05) is 0 Å². The van der Waals surface area contributed by atoms with E-state index >= 15 is 0 Å². The summed E-state index contributed by atoms with van der Waals surface area (Å²) in [7, 11) is -3.05. The third-order valence-corrected chi connectivity index (χ3v) is 5.35. The Morgan fingerprint density at radius 1 is 1.37 bits per heavy atom. The quantitative estimate of drug-likeness (QED) is 0.912. The normalized spacial score (nSPS) is 21.3. The van der Waals surface area contributed by atoms with Gasteiger partial charge < -0.3 is 5.32 Å². The largest absolute Gasteiger partial charge is 0.324 e. The van der Waals surface area contributed by atoms with Gasteiger partial charge in [0.1, 0.15) is 0 Å². The Bertz CT molecular complexity index is 602. The minimum absolute atomic E-state index is 0.0681. The number of benzene rings is 1. The molecule has 1 aromatic rings. The summed E-state index contributed by atoms with van der Waals surface area (Å²) in [5.41, 5.74) is 2.46. The standard InChI is InChI=1S/C13H16ClNO3S/c1-8-5-9(2)12(11(14)6-8)15-13(16)10-3-4-19(17,18)7-10/h5-6,10H,3-4,7H2,1-2H3,(H,15,16). The average Bonchev–Trinajstić information content (AvgIpc) is 2.64. The van der Waals surface area contributed by atoms with E-state index in [1.807, 2.05) is 19.9 Å². The molecule has 1 fully saturated rings. The van der Waals surface area contributed by atoms with E-state index < -0.39 is 15.8 Å². The summed E-state index contributed by atoms with van der Waals surface area (Å²) in [6.45, 7) is 3.79. The number of carbonyl (C=O) groups excluding carboxylic acids is 1. The first-order chi connectivity index (χ1) is 8.78. The van der Waals surface area contributed by atoms with Crippen molar-refractivity contribution >= 4 is 33.0 Å². The number of hydrogen-bond acceptors (Lipinski definition) is 3. The van der Waals surface area contributed by atoms with Crippen LogP contribution in [-0.4, -0.2) is 25.8 Å². The smallest absolute Gasteiger partial charge is 0.228 e. The second-order valence-corrected chi connectivity index (χ2v) is 7.66. The summed E-state index contributed by atoms with van der Waals surface area (Å²) in [5.74, 6) is -0.718. The molecular weight excluding hydrogens is 286 g/mol. The number of carbonyl (C=O) groups is 1. The lowest BCUT2D eigenvalue weighted by atomic mass is 10.1. The maximum absolute atomic E-state index is 12.1. The van der Waals surface area contributed by atoms with E-state index in [1.165, 1.54) is 0 Å². The van der Waals surface area contributed by atoms with E-state index in [4.69, 9.17) is 11.6 Å². The Kier molecular flexibility index (Phi) is 3.87. The molecule has 0 saturated carbocycles. The van der Waals surface area contributed by atoms with E-state index in [9.17, 15) is 13.2 Å². The van der Waals surface area contributed by atoms with Crippen LogP contribution in [0.15, 0.2) is 12.1 Å². The highest BCUT2D eigenvalue weighted by atomic mass is 35.5. The Balaban J connectivity index is 2.16. The van der Waals surface area contributed by atoms with E-state index in [0.29, 0.717) is 17.1 Å². The Hall–Kier alpha value is -1.07. The van der Waals surface area contributed by atoms with Crippen LogP contribution in [0, 0.1) is 19.8 Å². The van der Waals surface area contributed by atoms with Gasteiger partial charge >= 0.3 is 0 Å². The predicted molar refractivity (Wildman–Crippen MR) is 76.3 cm³/mol. The SMILES string of the molecule is Cc1cc(C)c(NC(=O)C2CCS(=O)(=O)C2)c(Cl)c1. The van der Waals surface area contributed by atoms with Gasteiger partial charge in [-0.2, -0.15) is 0 Å². The zero-order valence-electron chi connectivity index (χ0n) is 10.9. The van der Waals surface area contributed by atoms with Crippen molar-refractivity contribution in [3.05, 3.63) is 28.3 Å². The summed E-state index contributed by atoms with van der Waals surface area (Å²) in [5, 5.41) is 3.23. The number of hydrogen-bond donors (Lipinski definition) is 1. The Morgan fingerprint density at radius 2 is 2.05 bits per heavy atom. The van der Waals surface area contributed by atoms with Crippen molar-refractivity contribution < 1.29 is 13.2 Å². The van der Waals surface area contributed by atoms with Crippen molar-refractivity contribution in [3.63, 3.8) is 0 Å². The molecule has 1 heterocycles. The van der Waals surface area contributed by atoms with Gasteiger partial charge in [0.25, 0.3) is 0 Å². The number of anilines is 1. The Labute approximate surface area is 118 Å². The van der Waals surface area contributed by atoms with Crippen LogP contribution in [0.25, 0.3) is 0 Å². The van der Waals surface area contributed by atoms with Crippen molar-refractivity contribution in [2.24, 2.45) is 5.92 Å². The molecule has 1 aromatic carbocycles. The molecule has 4 nitrogen and oxygen atoms in total. The molecule has 0 aliphatic carbocycles. The van der Waals surface area contributed by atoms with Crippen molar-refractivity contribution in [3.8, 4) is 0 Å². The second-order valence-electron chi connectivity index (χ2n) is 5.03. The third kappa shape index (κ3) is 3.28. The van der Waals surface area contributed by atoms with Crippen LogP contribution >= 0.6 is 11.6 Å². The fraction of sp³-hybridized carbons (Fsp3) is 0.462. The van der Waals surface area contributed by atoms with Crippen molar-refractivity contribution in [2.75, 3.05) is 16.8 Å². The summed E-state index contributed by atoms with van der Waals surface area (Å²) >= 11 is 6.11. The highest BCUT2D eigenvalue weighted by Crippen LogP contribution is 2.29. The maximum atomic E-state index is 12.1. The number of amides is 1. The molecular formula is C13H16ClNO3S. The first kappa shape index (κ1) is 14.3. The van der Waals surface area contributed by atoms with Crippen LogP contribution in [0.2, 0.25) is 5.02 Å². The van der Waals surface area contributed by atoms with Crippen molar-refractivity contribution in [1.29, 1.82) is 0 Å². The van der Waals surface area contributed by atoms with Crippen LogP contribution in [0.5, 0.6) is 0 Å². The number of halogens is 1. The van der Waals surface area contributed by atoms with Crippen LogP contribution < -0.4 is 5.32 Å². The zero-order valence-corrected chi connectivity index (χ0v) is 12.4. The zero-order chi connectivity index (χ0) is 14.2. The average molecular weight is 302 g/mol. The number of nitrogens with one attached hydrogen (secondary N) is 1. The van der Waals surface area contributed by atoms with Crippen LogP contribution in [-0.2, 0) is 14.6 Å². The molecule has 6 heteroatoms. The lowest BCUT2D eigenvalue weighted by Gasteiger charge is -2.14. The number of rotatable bonds is 2. The van der Waals surface area contributed by atoms with Gasteiger partial charge in [0.2, 0.25) is 5.91 Å². The molecule has 1 saturated heterocycles. The number of aryl methyl sites for hydroxylation is 2. The van der Waals surface area contributed by atoms with Crippen molar-refractivity contribution in [1.82, 2.24) is 0 Å². The molecule has 1 unspecified atom stereocenters. The Morgan fingerprint density at radius 3 is 2.58 bits per heavy atom. The number of sulfone groups is 1. The molecule has 2 rings (SSSR count). The van der Waals surface area contributed by atoms with Gasteiger partial charge in [-0.1, -0.05) is 17.7 Å². The topological polar surface area (TPSA) is 63.2 Å². The van der Waals surface area contributed by atoms with E-state index in [1.54, 1.807) is 6.07 Å². The lowest BCUT2D eigenvalue weighted by molar-refractivity contribution is -0.119. The van der Waals surface area contributed by atoms with Gasteiger partial charge in [0.15, 0.2) is 9.84 Å². The van der Waals surface area contributed by atoms with Gasteiger partial charge in [-0.15, -0.1) is 0 Å². The minimum Gasteiger partial charge on any atom is -0.324 e. The molecule has 1 aliphatic heterocycles. The molecule has 1 aliphatic rings. The summed E-state index contributed by atoms with van der Waals surface area (Å²) in [4.78, 5) is 12.1. The summed E-state index contributed by atoms with van der Waals surface area (Å²) in [6, 6.07) is 3.70. The third-order valence-electron chi connectivity index (χ3n) is 3.28. The molecule has 0 bridgehead atoms. The van der Waals surface area contributed by atoms with Crippen LogP contribution in [0.4, 0.5) is 5.69 Å². The molecule has 0 spiro atoms. The maximum Gasteiger partial charge on any atom is 0.228 e. The molecule has 0 aromatic heterocycles. The van der Waals surface area contributed by atoms with Gasteiger partial charge in [-0.3, -0.25) is 4.79 Å². The summed E-state index contributed by atoms with van der Waals surface area (Å²) < 4.78 is 22.7. The molecule has 1 atom stereocenters. The van der Waals surface area contributed by atoms with E-state index in [0.717, 1.165) is 11.1 Å². The van der Waals surface area contributed by atoms with Gasteiger partial charge in [0.05, 0.1) is 28.1 Å². The molecule has 1 amide bonds. The first-order valence-electron chi connectivity index (χ1n) is 6.06. The highest BCUT2D eigenvalue weighted by Gasteiger charge is 2.33. The second kappa shape index (κ2) is 5.13. The molecule has 104 valence electrons. The van der Waals surface area contributed by atoms with Gasteiger partial charge in [-0.25, -0.2) is 8.42 Å². The molecule has 0 radical (unpaired) electrons. The first-order valence-corrected chi connectivity index (χ1v) is 8.26. The minimum atomic E-state index is -3.05. The summed E-state index contributed by atoms with van der Waals surface area (Å²) in [6.07, 6.45) is 0.386.